The molecule has 1 amide bonds. The fourth-order valence-electron chi connectivity index (χ4n) is 2.53. The number of amides is 1. The van der Waals surface area contributed by atoms with Gasteiger partial charge in [-0.3, -0.25) is 4.79 Å². The molecule has 4 heteroatoms. The van der Waals surface area contributed by atoms with Crippen molar-refractivity contribution in [1.29, 1.82) is 0 Å². The lowest BCUT2D eigenvalue weighted by molar-refractivity contribution is -0.120. The average molecular weight is 276 g/mol. The van der Waals surface area contributed by atoms with Gasteiger partial charge in [-0.2, -0.15) is 0 Å². The van der Waals surface area contributed by atoms with Gasteiger partial charge in [0.15, 0.2) is 0 Å². The number of ether oxygens (including phenoxy) is 1. The van der Waals surface area contributed by atoms with Crippen LogP contribution in [0.4, 0.5) is 5.69 Å². The Morgan fingerprint density at radius 3 is 2.90 bits per heavy atom. The Labute approximate surface area is 120 Å². The Bertz CT molecular complexity index is 440. The first-order chi connectivity index (χ1) is 9.70. The molecule has 2 rings (SSSR count). The molecule has 2 N–H and O–H groups in total. The van der Waals surface area contributed by atoms with Crippen molar-refractivity contribution in [2.75, 3.05) is 25.6 Å². The number of carbonyl (C=O) groups is 1. The highest BCUT2D eigenvalue weighted by atomic mass is 16.5. The monoisotopic (exact) mass is 276 g/mol. The summed E-state index contributed by atoms with van der Waals surface area (Å²) in [5.41, 5.74) is 2.04. The molecule has 1 aromatic carbocycles. The second kappa shape index (κ2) is 7.41. The number of benzene rings is 1. The van der Waals surface area contributed by atoms with Crippen molar-refractivity contribution >= 4 is 11.6 Å². The first-order valence-corrected chi connectivity index (χ1v) is 7.31. The summed E-state index contributed by atoms with van der Waals surface area (Å²) in [6.45, 7) is 3.59. The average Bonchev–Trinajstić information content (AvgIpc) is 2.47. The van der Waals surface area contributed by atoms with Gasteiger partial charge in [-0.05, 0) is 37.8 Å². The largest absolute Gasteiger partial charge is 0.384 e. The molecule has 0 radical (unpaired) electrons. The Morgan fingerprint density at radius 1 is 1.40 bits per heavy atom. The van der Waals surface area contributed by atoms with E-state index in [2.05, 4.69) is 17.6 Å². The smallest absolute Gasteiger partial charge is 0.228 e. The van der Waals surface area contributed by atoms with Crippen LogP contribution in [0, 0.1) is 5.92 Å². The van der Waals surface area contributed by atoms with Crippen molar-refractivity contribution in [3.63, 3.8) is 0 Å². The molecule has 0 bridgehead atoms. The van der Waals surface area contributed by atoms with Gasteiger partial charge in [0.05, 0.1) is 12.5 Å². The molecular weight excluding hydrogens is 252 g/mol. The van der Waals surface area contributed by atoms with Crippen LogP contribution in [0.5, 0.6) is 0 Å². The van der Waals surface area contributed by atoms with E-state index in [0.717, 1.165) is 37.1 Å². The molecule has 0 aromatic heterocycles. The molecule has 110 valence electrons. The van der Waals surface area contributed by atoms with Crippen molar-refractivity contribution in [1.82, 2.24) is 5.32 Å². The normalized spacial score (nSPS) is 22.5. The zero-order chi connectivity index (χ0) is 14.4. The molecule has 1 fully saturated rings. The lowest BCUT2D eigenvalue weighted by Gasteiger charge is -2.27. The molecule has 1 aromatic rings. The topological polar surface area (TPSA) is 50.4 Å². The molecule has 0 spiro atoms. The fourth-order valence-corrected chi connectivity index (χ4v) is 2.53. The molecular formula is C16H24N2O2. The van der Waals surface area contributed by atoms with E-state index < -0.39 is 0 Å². The van der Waals surface area contributed by atoms with Crippen LogP contribution in [0.3, 0.4) is 0 Å². The van der Waals surface area contributed by atoms with Crippen LogP contribution in [0.2, 0.25) is 0 Å². The third-order valence-corrected chi connectivity index (χ3v) is 3.88. The van der Waals surface area contributed by atoms with Crippen molar-refractivity contribution < 1.29 is 9.53 Å². The zero-order valence-electron chi connectivity index (χ0n) is 12.3. The molecule has 2 atom stereocenters. The van der Waals surface area contributed by atoms with Crippen molar-refractivity contribution in [2.45, 2.75) is 32.2 Å². The number of anilines is 1. The highest BCUT2D eigenvalue weighted by molar-refractivity contribution is 5.93. The van der Waals surface area contributed by atoms with E-state index in [4.69, 9.17) is 4.74 Å². The van der Waals surface area contributed by atoms with Gasteiger partial charge >= 0.3 is 0 Å². The van der Waals surface area contributed by atoms with E-state index in [1.54, 1.807) is 7.11 Å². The molecule has 1 saturated heterocycles. The quantitative estimate of drug-likeness (QED) is 0.867. The lowest BCUT2D eigenvalue weighted by atomic mass is 9.94. The van der Waals surface area contributed by atoms with Gasteiger partial charge in [-0.25, -0.2) is 0 Å². The van der Waals surface area contributed by atoms with Crippen LogP contribution in [0.25, 0.3) is 0 Å². The number of para-hydroxylation sites is 1. The summed E-state index contributed by atoms with van der Waals surface area (Å²) < 4.78 is 5.11. The highest BCUT2D eigenvalue weighted by Gasteiger charge is 2.24. The predicted octanol–water partition coefficient (Wildman–Crippen LogP) is 2.20. The van der Waals surface area contributed by atoms with Crippen molar-refractivity contribution in [3.8, 4) is 0 Å². The minimum Gasteiger partial charge on any atom is -0.384 e. The summed E-state index contributed by atoms with van der Waals surface area (Å²) in [5.74, 6) is 0.191. The number of methoxy groups -OCH3 is 1. The third-order valence-electron chi connectivity index (χ3n) is 3.88. The molecule has 1 aliphatic heterocycles. The highest BCUT2D eigenvalue weighted by Crippen LogP contribution is 2.20. The molecule has 4 nitrogen and oxygen atoms in total. The van der Waals surface area contributed by atoms with Gasteiger partial charge in [0.25, 0.3) is 0 Å². The van der Waals surface area contributed by atoms with Gasteiger partial charge in [0.1, 0.15) is 0 Å². The van der Waals surface area contributed by atoms with E-state index in [0.29, 0.717) is 12.6 Å². The summed E-state index contributed by atoms with van der Waals surface area (Å²) in [6.07, 6.45) is 2.83. The molecule has 0 aliphatic carbocycles. The third kappa shape index (κ3) is 4.05. The van der Waals surface area contributed by atoms with E-state index in [1.807, 2.05) is 24.3 Å². The Morgan fingerprint density at radius 2 is 2.20 bits per heavy atom. The number of hydrogen-bond acceptors (Lipinski definition) is 3. The maximum absolute atomic E-state index is 12.3. The van der Waals surface area contributed by atoms with Crippen LogP contribution < -0.4 is 10.6 Å². The number of rotatable bonds is 5. The van der Waals surface area contributed by atoms with Gasteiger partial charge in [0.2, 0.25) is 5.91 Å². The van der Waals surface area contributed by atoms with Crippen LogP contribution in [0.1, 0.15) is 25.3 Å². The standard InChI is InChI=1S/C16H24N2O2/c1-12-7-8-14(11-17-12)16(19)18-15-6-4-3-5-13(15)9-10-20-2/h3-6,12,14,17H,7-11H2,1-2H3,(H,18,19). The fraction of sp³-hybridized carbons (Fsp3) is 0.562. The van der Waals surface area contributed by atoms with Gasteiger partial charge in [0, 0.05) is 25.4 Å². The van der Waals surface area contributed by atoms with Crippen molar-refractivity contribution in [3.05, 3.63) is 29.8 Å². The first-order valence-electron chi connectivity index (χ1n) is 7.31. The van der Waals surface area contributed by atoms with Crippen LogP contribution >= 0.6 is 0 Å². The van der Waals surface area contributed by atoms with E-state index in [1.165, 1.54) is 0 Å². The van der Waals surface area contributed by atoms with Crippen LogP contribution in [0.15, 0.2) is 24.3 Å². The number of carbonyl (C=O) groups excluding carboxylic acids is 1. The maximum atomic E-state index is 12.3. The summed E-state index contributed by atoms with van der Waals surface area (Å²) in [5, 5.41) is 6.44. The lowest BCUT2D eigenvalue weighted by Crippen LogP contribution is -2.41. The number of piperidine rings is 1. The summed E-state index contributed by atoms with van der Waals surface area (Å²) in [6, 6.07) is 8.46. The Hall–Kier alpha value is -1.39. The van der Waals surface area contributed by atoms with E-state index in [-0.39, 0.29) is 11.8 Å². The van der Waals surface area contributed by atoms with E-state index >= 15 is 0 Å². The van der Waals surface area contributed by atoms with Gasteiger partial charge in [-0.1, -0.05) is 18.2 Å². The zero-order valence-corrected chi connectivity index (χ0v) is 12.3. The molecule has 20 heavy (non-hydrogen) atoms. The second-order valence-electron chi connectivity index (χ2n) is 5.47. The molecule has 1 heterocycles. The summed E-state index contributed by atoms with van der Waals surface area (Å²) in [4.78, 5) is 12.3. The van der Waals surface area contributed by atoms with E-state index in [9.17, 15) is 4.79 Å². The minimum atomic E-state index is 0.0710. The predicted molar refractivity (Wildman–Crippen MR) is 80.8 cm³/mol. The summed E-state index contributed by atoms with van der Waals surface area (Å²) >= 11 is 0. The molecule has 1 aliphatic rings. The summed E-state index contributed by atoms with van der Waals surface area (Å²) in [7, 11) is 1.69. The van der Waals surface area contributed by atoms with Crippen LogP contribution in [-0.2, 0) is 16.0 Å². The van der Waals surface area contributed by atoms with Crippen LogP contribution in [-0.4, -0.2) is 32.2 Å². The Kier molecular flexibility index (Phi) is 5.56. The number of nitrogens with one attached hydrogen (secondary N) is 2. The second-order valence-corrected chi connectivity index (χ2v) is 5.47. The molecule has 0 saturated carbocycles. The van der Waals surface area contributed by atoms with Gasteiger partial charge in [-0.15, -0.1) is 0 Å². The number of hydrogen-bond donors (Lipinski definition) is 2. The molecule has 2 unspecified atom stereocenters. The minimum absolute atomic E-state index is 0.0710. The first kappa shape index (κ1) is 15.0. The van der Waals surface area contributed by atoms with Gasteiger partial charge < -0.3 is 15.4 Å². The Balaban J connectivity index is 1.96. The van der Waals surface area contributed by atoms with Crippen molar-refractivity contribution in [2.24, 2.45) is 5.92 Å². The maximum Gasteiger partial charge on any atom is 0.228 e. The SMILES string of the molecule is COCCc1ccccc1NC(=O)C1CCC(C)NC1.